The van der Waals surface area contributed by atoms with Crippen LogP contribution < -0.4 is 14.6 Å². The maximum absolute atomic E-state index is 12.0. The minimum absolute atomic E-state index is 0.0521. The number of primary sulfonamides is 1. The molecule has 0 fully saturated rings. The molecule has 1 aromatic carbocycles. The van der Waals surface area contributed by atoms with Crippen LogP contribution in [0.25, 0.3) is 0 Å². The van der Waals surface area contributed by atoms with Crippen molar-refractivity contribution >= 4 is 15.7 Å². The van der Waals surface area contributed by atoms with Crippen molar-refractivity contribution in [1.82, 2.24) is 0 Å². The fourth-order valence-corrected chi connectivity index (χ4v) is 2.15. The first-order valence-electron chi connectivity index (χ1n) is 5.39. The minimum Gasteiger partial charge on any atom is -0.492 e. The van der Waals surface area contributed by atoms with E-state index in [4.69, 9.17) is 14.6 Å². The number of ether oxygens (including phenoxy) is 2. The summed E-state index contributed by atoms with van der Waals surface area (Å²) in [5.41, 5.74) is -0.523. The van der Waals surface area contributed by atoms with E-state index in [0.717, 1.165) is 19.2 Å². The van der Waals surface area contributed by atoms with Crippen molar-refractivity contribution in [2.45, 2.75) is 11.3 Å². The van der Waals surface area contributed by atoms with Gasteiger partial charge in [-0.1, -0.05) is 0 Å². The van der Waals surface area contributed by atoms with Crippen LogP contribution in [-0.2, 0) is 10.0 Å². The third-order valence-electron chi connectivity index (χ3n) is 2.26. The summed E-state index contributed by atoms with van der Waals surface area (Å²) in [4.78, 5) is 9.41. The second-order valence-electron chi connectivity index (χ2n) is 3.67. The van der Waals surface area contributed by atoms with Crippen LogP contribution in [0, 0.1) is 10.1 Å². The van der Waals surface area contributed by atoms with Crippen molar-refractivity contribution in [2.24, 2.45) is 5.14 Å². The van der Waals surface area contributed by atoms with Gasteiger partial charge < -0.3 is 9.47 Å². The largest absolute Gasteiger partial charge is 0.492 e. The van der Waals surface area contributed by atoms with Gasteiger partial charge in [0.1, 0.15) is 4.90 Å². The molecule has 10 heteroatoms. The maximum atomic E-state index is 12.0. The maximum Gasteiger partial charge on any atom is 0.274 e. The third-order valence-corrected chi connectivity index (χ3v) is 3.18. The highest BCUT2D eigenvalue weighted by molar-refractivity contribution is 7.89. The zero-order valence-electron chi connectivity index (χ0n) is 10.5. The average Bonchev–Trinajstić information content (AvgIpc) is 2.36. The molecule has 1 aromatic rings. The number of nitrogens with two attached hydrogens (primary N) is 1. The van der Waals surface area contributed by atoms with Crippen LogP contribution in [0.5, 0.6) is 11.5 Å². The Balaban J connectivity index is 3.39. The summed E-state index contributed by atoms with van der Waals surface area (Å²) in [5.74, 6) is -0.434. The van der Waals surface area contributed by atoms with E-state index in [9.17, 15) is 22.9 Å². The van der Waals surface area contributed by atoms with E-state index >= 15 is 0 Å². The molecule has 0 aliphatic rings. The van der Waals surface area contributed by atoms with Crippen LogP contribution in [-0.4, -0.2) is 33.7 Å². The first kappa shape index (κ1) is 16.1. The highest BCUT2D eigenvalue weighted by atomic mass is 32.2. The summed E-state index contributed by atoms with van der Waals surface area (Å²) in [6.07, 6.45) is 0.0521. The van der Waals surface area contributed by atoms with Crippen molar-refractivity contribution in [3.63, 3.8) is 0 Å². The van der Waals surface area contributed by atoms with Crippen molar-refractivity contribution in [1.29, 1.82) is 0 Å². The Bertz CT molecular complexity index is 604. The topological polar surface area (TPSA) is 122 Å². The van der Waals surface area contributed by atoms with Crippen LogP contribution in [0.3, 0.4) is 0 Å². The van der Waals surface area contributed by atoms with E-state index in [-0.39, 0.29) is 24.5 Å². The number of alkyl halides is 1. The van der Waals surface area contributed by atoms with Crippen LogP contribution in [0.15, 0.2) is 17.0 Å². The number of benzene rings is 1. The van der Waals surface area contributed by atoms with E-state index in [0.29, 0.717) is 0 Å². The molecule has 0 radical (unpaired) electrons. The van der Waals surface area contributed by atoms with Crippen molar-refractivity contribution in [2.75, 3.05) is 20.4 Å². The second-order valence-corrected chi connectivity index (χ2v) is 5.20. The summed E-state index contributed by atoms with van der Waals surface area (Å²) in [5, 5.41) is 15.8. The van der Waals surface area contributed by atoms with Crippen molar-refractivity contribution in [3.05, 3.63) is 22.2 Å². The van der Waals surface area contributed by atoms with Crippen LogP contribution in [0.4, 0.5) is 10.1 Å². The molecule has 0 spiro atoms. The average molecular weight is 308 g/mol. The van der Waals surface area contributed by atoms with Gasteiger partial charge in [-0.25, -0.2) is 13.6 Å². The first-order valence-corrected chi connectivity index (χ1v) is 6.94. The number of sulfonamides is 1. The lowest BCUT2D eigenvalue weighted by atomic mass is 10.2. The fourth-order valence-electron chi connectivity index (χ4n) is 1.42. The predicted molar refractivity (Wildman–Crippen MR) is 67.1 cm³/mol. The number of hydrogen-bond acceptors (Lipinski definition) is 6. The molecule has 8 nitrogen and oxygen atoms in total. The number of halogens is 1. The number of nitro groups is 1. The van der Waals surface area contributed by atoms with Crippen molar-refractivity contribution in [3.8, 4) is 11.5 Å². The lowest BCUT2D eigenvalue weighted by molar-refractivity contribution is -0.385. The smallest absolute Gasteiger partial charge is 0.274 e. The molecule has 20 heavy (non-hydrogen) atoms. The molecule has 1 rings (SSSR count). The molecule has 0 aliphatic heterocycles. The second kappa shape index (κ2) is 6.48. The zero-order chi connectivity index (χ0) is 15.3. The Labute approximate surface area is 114 Å². The molecule has 0 unspecified atom stereocenters. The molecule has 0 saturated carbocycles. The van der Waals surface area contributed by atoms with Crippen LogP contribution >= 0.6 is 0 Å². The fraction of sp³-hybridized carbons (Fsp3) is 0.400. The number of methoxy groups -OCH3 is 1. The third kappa shape index (κ3) is 3.78. The van der Waals surface area contributed by atoms with Gasteiger partial charge in [0.25, 0.3) is 5.69 Å². The zero-order valence-corrected chi connectivity index (χ0v) is 11.4. The van der Waals surface area contributed by atoms with E-state index in [1.54, 1.807) is 0 Å². The number of non-ortho nitro benzene ring substituents is 1. The Hall–Kier alpha value is -1.94. The normalized spacial score (nSPS) is 11.2. The van der Waals surface area contributed by atoms with E-state index in [1.165, 1.54) is 0 Å². The quantitative estimate of drug-likeness (QED) is 0.455. The summed E-state index contributed by atoms with van der Waals surface area (Å²) in [6, 6.07) is 1.77. The predicted octanol–water partition coefficient (Wildman–Crippen LogP) is 0.989. The first-order chi connectivity index (χ1) is 9.31. The highest BCUT2D eigenvalue weighted by Gasteiger charge is 2.25. The van der Waals surface area contributed by atoms with Gasteiger partial charge in [0.05, 0.1) is 31.4 Å². The van der Waals surface area contributed by atoms with E-state index in [2.05, 4.69) is 0 Å². The van der Waals surface area contributed by atoms with Gasteiger partial charge in [-0.3, -0.25) is 14.5 Å². The van der Waals surface area contributed by atoms with E-state index < -0.39 is 32.2 Å². The number of rotatable bonds is 7. The SMILES string of the molecule is COc1c(OCCCF)cc([N+](=O)[O-])cc1S(N)(=O)=O. The van der Waals surface area contributed by atoms with Gasteiger partial charge in [0, 0.05) is 12.5 Å². The molecular formula is C10H13FN2O6S. The molecule has 2 N–H and O–H groups in total. The van der Waals surface area contributed by atoms with Crippen molar-refractivity contribution < 1.29 is 27.2 Å². The Morgan fingerprint density at radius 2 is 2.10 bits per heavy atom. The van der Waals surface area contributed by atoms with Gasteiger partial charge in [-0.2, -0.15) is 0 Å². The molecule has 0 heterocycles. The molecule has 0 amide bonds. The molecule has 0 saturated heterocycles. The molecular weight excluding hydrogens is 295 g/mol. The molecule has 0 aliphatic carbocycles. The molecule has 112 valence electrons. The monoisotopic (exact) mass is 308 g/mol. The van der Waals surface area contributed by atoms with Gasteiger partial charge >= 0.3 is 0 Å². The summed E-state index contributed by atoms with van der Waals surface area (Å²) in [6.45, 7) is -0.725. The minimum atomic E-state index is -4.24. The van der Waals surface area contributed by atoms with Crippen LogP contribution in [0.2, 0.25) is 0 Å². The summed E-state index contributed by atoms with van der Waals surface area (Å²) < 4.78 is 44.9. The molecule has 0 aromatic heterocycles. The summed E-state index contributed by atoms with van der Waals surface area (Å²) >= 11 is 0. The standard InChI is InChI=1S/C10H13FN2O6S/c1-18-10-8(19-4-2-3-11)5-7(13(14)15)6-9(10)20(12,16)17/h5-6H,2-4H2,1H3,(H2,12,16,17). The number of hydrogen-bond donors (Lipinski definition) is 1. The molecule has 0 bridgehead atoms. The Morgan fingerprint density at radius 3 is 2.55 bits per heavy atom. The molecule has 0 atom stereocenters. The lowest BCUT2D eigenvalue weighted by Gasteiger charge is -2.13. The van der Waals surface area contributed by atoms with Gasteiger partial charge in [0.15, 0.2) is 11.5 Å². The van der Waals surface area contributed by atoms with Gasteiger partial charge in [-0.15, -0.1) is 0 Å². The van der Waals surface area contributed by atoms with E-state index in [1.807, 2.05) is 0 Å². The Morgan fingerprint density at radius 1 is 1.45 bits per heavy atom. The Kier molecular flexibility index (Phi) is 5.22. The highest BCUT2D eigenvalue weighted by Crippen LogP contribution is 2.37. The lowest BCUT2D eigenvalue weighted by Crippen LogP contribution is -2.14. The van der Waals surface area contributed by atoms with Gasteiger partial charge in [0.2, 0.25) is 10.0 Å². The number of nitrogens with zero attached hydrogens (tertiary/aromatic N) is 1. The number of nitro benzene ring substituents is 1. The summed E-state index contributed by atoms with van der Waals surface area (Å²) in [7, 11) is -3.07. The van der Waals surface area contributed by atoms with Crippen LogP contribution in [0.1, 0.15) is 6.42 Å². The van der Waals surface area contributed by atoms with Gasteiger partial charge in [-0.05, 0) is 0 Å².